The van der Waals surface area contributed by atoms with Gasteiger partial charge in [-0.25, -0.2) is 4.98 Å². The molecule has 17 heavy (non-hydrogen) atoms. The highest BCUT2D eigenvalue weighted by molar-refractivity contribution is 7.11. The van der Waals surface area contributed by atoms with E-state index in [4.69, 9.17) is 11.6 Å². The molecule has 0 saturated heterocycles. The SMILES string of the molecule is Cc1nc(C)c(CNc2ccc(C)c(Cl)c2)s1. The van der Waals surface area contributed by atoms with E-state index in [0.29, 0.717) is 0 Å². The van der Waals surface area contributed by atoms with Crippen LogP contribution in [0.2, 0.25) is 5.02 Å². The van der Waals surface area contributed by atoms with E-state index in [1.807, 2.05) is 39.0 Å². The Hall–Kier alpha value is -1.06. The standard InChI is InChI=1S/C13H15ClN2S/c1-8-4-5-11(6-12(8)14)15-7-13-9(2)16-10(3)17-13/h4-6,15H,7H2,1-3H3. The fourth-order valence-electron chi connectivity index (χ4n) is 1.62. The molecule has 0 aliphatic carbocycles. The van der Waals surface area contributed by atoms with Crippen molar-refractivity contribution in [2.45, 2.75) is 27.3 Å². The Kier molecular flexibility index (Phi) is 3.69. The van der Waals surface area contributed by atoms with E-state index < -0.39 is 0 Å². The number of thiazole rings is 1. The largest absolute Gasteiger partial charge is 0.380 e. The maximum atomic E-state index is 6.08. The van der Waals surface area contributed by atoms with Crippen LogP contribution in [-0.2, 0) is 6.54 Å². The number of hydrogen-bond acceptors (Lipinski definition) is 3. The Morgan fingerprint density at radius 2 is 2.06 bits per heavy atom. The average Bonchev–Trinajstić information content (AvgIpc) is 2.59. The number of nitrogens with zero attached hydrogens (tertiary/aromatic N) is 1. The molecule has 0 amide bonds. The Labute approximate surface area is 111 Å². The summed E-state index contributed by atoms with van der Waals surface area (Å²) >= 11 is 7.82. The lowest BCUT2D eigenvalue weighted by atomic mass is 10.2. The Morgan fingerprint density at radius 3 is 2.65 bits per heavy atom. The lowest BCUT2D eigenvalue weighted by Gasteiger charge is -2.07. The third kappa shape index (κ3) is 2.99. The van der Waals surface area contributed by atoms with Crippen LogP contribution in [0.4, 0.5) is 5.69 Å². The maximum absolute atomic E-state index is 6.08. The van der Waals surface area contributed by atoms with Gasteiger partial charge >= 0.3 is 0 Å². The minimum absolute atomic E-state index is 0.798. The maximum Gasteiger partial charge on any atom is 0.0900 e. The molecule has 1 N–H and O–H groups in total. The Morgan fingerprint density at radius 1 is 1.29 bits per heavy atom. The molecular formula is C13H15ClN2S. The van der Waals surface area contributed by atoms with Gasteiger partial charge in [0.1, 0.15) is 0 Å². The normalized spacial score (nSPS) is 10.6. The van der Waals surface area contributed by atoms with Crippen molar-refractivity contribution in [1.29, 1.82) is 0 Å². The van der Waals surface area contributed by atoms with Crippen LogP contribution in [-0.4, -0.2) is 4.98 Å². The van der Waals surface area contributed by atoms with E-state index in [1.54, 1.807) is 11.3 Å². The zero-order valence-electron chi connectivity index (χ0n) is 10.2. The molecule has 0 spiro atoms. The van der Waals surface area contributed by atoms with Crippen LogP contribution in [0.15, 0.2) is 18.2 Å². The zero-order valence-corrected chi connectivity index (χ0v) is 11.7. The van der Waals surface area contributed by atoms with Gasteiger partial charge < -0.3 is 5.32 Å². The summed E-state index contributed by atoms with van der Waals surface area (Å²) in [5.41, 5.74) is 3.26. The van der Waals surface area contributed by atoms with Crippen molar-refractivity contribution in [3.05, 3.63) is 44.4 Å². The summed E-state index contributed by atoms with van der Waals surface area (Å²) in [5.74, 6) is 0. The molecule has 0 fully saturated rings. The van der Waals surface area contributed by atoms with Crippen LogP contribution in [0.3, 0.4) is 0 Å². The first-order valence-corrected chi connectivity index (χ1v) is 6.68. The van der Waals surface area contributed by atoms with E-state index >= 15 is 0 Å². The minimum atomic E-state index is 0.798. The van der Waals surface area contributed by atoms with Crippen molar-refractivity contribution in [3.63, 3.8) is 0 Å². The first-order valence-electron chi connectivity index (χ1n) is 5.49. The lowest BCUT2D eigenvalue weighted by Crippen LogP contribution is -1.99. The van der Waals surface area contributed by atoms with Gasteiger partial charge in [-0.1, -0.05) is 17.7 Å². The number of rotatable bonds is 3. The van der Waals surface area contributed by atoms with Gasteiger partial charge in [-0.15, -0.1) is 11.3 Å². The van der Waals surface area contributed by atoms with E-state index in [2.05, 4.69) is 10.3 Å². The molecule has 0 atom stereocenters. The second-order valence-corrected chi connectivity index (χ2v) is 5.75. The Balaban J connectivity index is 2.07. The van der Waals surface area contributed by atoms with E-state index in [1.165, 1.54) is 4.88 Å². The van der Waals surface area contributed by atoms with Crippen molar-refractivity contribution in [2.24, 2.45) is 0 Å². The fourth-order valence-corrected chi connectivity index (χ4v) is 2.68. The summed E-state index contributed by atoms with van der Waals surface area (Å²) in [5, 5.41) is 5.28. The molecule has 0 saturated carbocycles. The lowest BCUT2D eigenvalue weighted by molar-refractivity contribution is 1.11. The number of hydrogen-bond donors (Lipinski definition) is 1. The van der Waals surface area contributed by atoms with Crippen molar-refractivity contribution >= 4 is 28.6 Å². The van der Waals surface area contributed by atoms with Gasteiger partial charge in [0.2, 0.25) is 0 Å². The van der Waals surface area contributed by atoms with Gasteiger partial charge in [-0.3, -0.25) is 0 Å². The second-order valence-electron chi connectivity index (χ2n) is 4.06. The van der Waals surface area contributed by atoms with Crippen LogP contribution < -0.4 is 5.32 Å². The van der Waals surface area contributed by atoms with Gasteiger partial charge in [0.15, 0.2) is 0 Å². The topological polar surface area (TPSA) is 24.9 Å². The molecule has 1 aromatic carbocycles. The highest BCUT2D eigenvalue weighted by Crippen LogP contribution is 2.22. The summed E-state index contributed by atoms with van der Waals surface area (Å²) in [6, 6.07) is 6.03. The number of halogens is 1. The molecule has 1 aromatic heterocycles. The van der Waals surface area contributed by atoms with Crippen LogP contribution in [0.5, 0.6) is 0 Å². The van der Waals surface area contributed by atoms with E-state index in [9.17, 15) is 0 Å². The van der Waals surface area contributed by atoms with Gasteiger partial charge in [0.25, 0.3) is 0 Å². The molecule has 0 aliphatic rings. The van der Waals surface area contributed by atoms with E-state index in [-0.39, 0.29) is 0 Å². The number of anilines is 1. The zero-order chi connectivity index (χ0) is 12.4. The van der Waals surface area contributed by atoms with Crippen molar-refractivity contribution in [2.75, 3.05) is 5.32 Å². The molecule has 0 bridgehead atoms. The predicted octanol–water partition coefficient (Wildman–Crippen LogP) is 4.33. The second kappa shape index (κ2) is 5.07. The molecule has 90 valence electrons. The predicted molar refractivity (Wildman–Crippen MR) is 75.1 cm³/mol. The first-order chi connectivity index (χ1) is 8.06. The average molecular weight is 267 g/mol. The number of benzene rings is 1. The van der Waals surface area contributed by atoms with Gasteiger partial charge in [-0.05, 0) is 38.5 Å². The van der Waals surface area contributed by atoms with Crippen LogP contribution in [0.25, 0.3) is 0 Å². The van der Waals surface area contributed by atoms with E-state index in [0.717, 1.165) is 33.5 Å². The van der Waals surface area contributed by atoms with Crippen molar-refractivity contribution in [3.8, 4) is 0 Å². The number of nitrogens with one attached hydrogen (secondary N) is 1. The molecule has 0 unspecified atom stereocenters. The molecule has 2 rings (SSSR count). The van der Waals surface area contributed by atoms with Crippen LogP contribution in [0, 0.1) is 20.8 Å². The van der Waals surface area contributed by atoms with Gasteiger partial charge in [0.05, 0.1) is 17.2 Å². The molecule has 4 heteroatoms. The summed E-state index contributed by atoms with van der Waals surface area (Å²) in [4.78, 5) is 5.68. The smallest absolute Gasteiger partial charge is 0.0900 e. The third-order valence-electron chi connectivity index (χ3n) is 2.62. The Bertz CT molecular complexity index is 534. The minimum Gasteiger partial charge on any atom is -0.380 e. The number of aromatic nitrogens is 1. The first kappa shape index (κ1) is 12.4. The summed E-state index contributed by atoms with van der Waals surface area (Å²) < 4.78 is 0. The quantitative estimate of drug-likeness (QED) is 0.894. The molecule has 0 aliphatic heterocycles. The third-order valence-corrected chi connectivity index (χ3v) is 4.10. The van der Waals surface area contributed by atoms with Crippen LogP contribution >= 0.6 is 22.9 Å². The van der Waals surface area contributed by atoms with Crippen LogP contribution in [0.1, 0.15) is 21.1 Å². The highest BCUT2D eigenvalue weighted by Gasteiger charge is 2.04. The van der Waals surface area contributed by atoms with Gasteiger partial charge in [-0.2, -0.15) is 0 Å². The monoisotopic (exact) mass is 266 g/mol. The summed E-state index contributed by atoms with van der Waals surface area (Å²) in [6.45, 7) is 6.88. The molecule has 1 heterocycles. The summed E-state index contributed by atoms with van der Waals surface area (Å²) in [7, 11) is 0. The summed E-state index contributed by atoms with van der Waals surface area (Å²) in [6.07, 6.45) is 0. The molecular weight excluding hydrogens is 252 g/mol. The van der Waals surface area contributed by atoms with Gasteiger partial charge in [0, 0.05) is 15.6 Å². The molecule has 2 aromatic rings. The molecule has 0 radical (unpaired) electrons. The van der Waals surface area contributed by atoms with Crippen molar-refractivity contribution in [1.82, 2.24) is 4.98 Å². The van der Waals surface area contributed by atoms with Crippen molar-refractivity contribution < 1.29 is 0 Å². The molecule has 2 nitrogen and oxygen atoms in total. The number of aryl methyl sites for hydroxylation is 3. The fraction of sp³-hybridized carbons (Fsp3) is 0.308. The highest BCUT2D eigenvalue weighted by atomic mass is 35.5.